The van der Waals surface area contributed by atoms with Crippen LogP contribution in [-0.2, 0) is 17.4 Å². The molecule has 0 aromatic carbocycles. The highest BCUT2D eigenvalue weighted by Gasteiger charge is 2.34. The van der Waals surface area contributed by atoms with E-state index in [1.807, 2.05) is 0 Å². The number of hydrogen-bond donors (Lipinski definition) is 0. The second kappa shape index (κ2) is 4.17. The zero-order chi connectivity index (χ0) is 10.6. The molecule has 14 heavy (non-hydrogen) atoms. The van der Waals surface area contributed by atoms with Crippen molar-refractivity contribution in [1.82, 2.24) is 9.97 Å². The van der Waals surface area contributed by atoms with E-state index in [9.17, 15) is 18.0 Å². The highest BCUT2D eigenvalue weighted by Crippen LogP contribution is 2.25. The van der Waals surface area contributed by atoms with Crippen LogP contribution in [0, 0.1) is 0 Å². The fraction of sp³-hybridized carbons (Fsp3) is 0.375. The van der Waals surface area contributed by atoms with Crippen LogP contribution in [0.4, 0.5) is 13.2 Å². The Bertz CT molecular complexity index is 307. The van der Waals surface area contributed by atoms with E-state index in [0.29, 0.717) is 18.3 Å². The number of aromatic nitrogens is 2. The Kier molecular flexibility index (Phi) is 3.16. The molecule has 0 spiro atoms. The second-order valence-corrected chi connectivity index (χ2v) is 2.62. The molecule has 6 heteroatoms. The quantitative estimate of drug-likeness (QED) is 0.702. The average Bonchev–Trinajstić information content (AvgIpc) is 2.14. The molecule has 0 saturated carbocycles. The lowest BCUT2D eigenvalue weighted by molar-refractivity contribution is -0.145. The van der Waals surface area contributed by atoms with E-state index in [-0.39, 0.29) is 6.42 Å². The minimum absolute atomic E-state index is 0.259. The molecule has 0 N–H and O–H groups in total. The molecule has 1 aromatic rings. The molecule has 0 aliphatic heterocycles. The number of hydrogen-bond acceptors (Lipinski definition) is 3. The van der Waals surface area contributed by atoms with Gasteiger partial charge in [0, 0.05) is 18.8 Å². The molecule has 0 aliphatic rings. The maximum absolute atomic E-state index is 12.0. The van der Waals surface area contributed by atoms with E-state index in [1.54, 1.807) is 0 Å². The first kappa shape index (κ1) is 10.6. The normalized spacial score (nSPS) is 11.4. The van der Waals surface area contributed by atoms with Crippen LogP contribution in [0.3, 0.4) is 0 Å². The van der Waals surface area contributed by atoms with Crippen molar-refractivity contribution < 1.29 is 18.0 Å². The van der Waals surface area contributed by atoms with Gasteiger partial charge in [0.2, 0.25) is 5.82 Å². The number of aldehydes is 1. The first-order valence-corrected chi connectivity index (χ1v) is 3.86. The van der Waals surface area contributed by atoms with Crippen LogP contribution in [0.25, 0.3) is 0 Å². The lowest BCUT2D eigenvalue weighted by Gasteiger charge is -2.04. The van der Waals surface area contributed by atoms with Gasteiger partial charge in [-0.15, -0.1) is 0 Å². The third-order valence-electron chi connectivity index (χ3n) is 1.51. The highest BCUT2D eigenvalue weighted by molar-refractivity contribution is 5.49. The standard InChI is InChI=1S/C8H7F3N2O/c9-8(10,11)7-12-4-6(5-13-7)2-1-3-14/h3-5H,1-2H2. The molecule has 1 rings (SSSR count). The average molecular weight is 204 g/mol. The van der Waals surface area contributed by atoms with Crippen LogP contribution in [0.15, 0.2) is 12.4 Å². The third kappa shape index (κ3) is 2.79. The molecule has 0 atom stereocenters. The summed E-state index contributed by atoms with van der Waals surface area (Å²) in [5.74, 6) is -1.16. The molecule has 0 bridgehead atoms. The van der Waals surface area contributed by atoms with Crippen molar-refractivity contribution >= 4 is 6.29 Å². The molecule has 1 aromatic heterocycles. The summed E-state index contributed by atoms with van der Waals surface area (Å²) in [4.78, 5) is 16.3. The maximum Gasteiger partial charge on any atom is 0.451 e. The molecular weight excluding hydrogens is 197 g/mol. The van der Waals surface area contributed by atoms with Crippen molar-refractivity contribution in [1.29, 1.82) is 0 Å². The van der Waals surface area contributed by atoms with Crippen LogP contribution in [-0.4, -0.2) is 16.3 Å². The Balaban J connectivity index is 2.73. The van der Waals surface area contributed by atoms with Crippen molar-refractivity contribution in [3.8, 4) is 0 Å². The molecule has 0 aliphatic carbocycles. The number of halogens is 3. The van der Waals surface area contributed by atoms with Crippen molar-refractivity contribution in [2.75, 3.05) is 0 Å². The SMILES string of the molecule is O=CCCc1cnc(C(F)(F)F)nc1. The third-order valence-corrected chi connectivity index (χ3v) is 1.51. The van der Waals surface area contributed by atoms with Crippen LogP contribution >= 0.6 is 0 Å². The van der Waals surface area contributed by atoms with E-state index >= 15 is 0 Å². The Morgan fingerprint density at radius 2 is 1.86 bits per heavy atom. The van der Waals surface area contributed by atoms with E-state index in [2.05, 4.69) is 9.97 Å². The molecule has 76 valence electrons. The van der Waals surface area contributed by atoms with Gasteiger partial charge >= 0.3 is 6.18 Å². The van der Waals surface area contributed by atoms with Gasteiger partial charge in [-0.2, -0.15) is 13.2 Å². The van der Waals surface area contributed by atoms with Gasteiger partial charge in [0.05, 0.1) is 0 Å². The fourth-order valence-corrected chi connectivity index (χ4v) is 0.856. The van der Waals surface area contributed by atoms with Gasteiger partial charge in [-0.1, -0.05) is 0 Å². The van der Waals surface area contributed by atoms with Crippen molar-refractivity contribution in [3.05, 3.63) is 23.8 Å². The van der Waals surface area contributed by atoms with Gasteiger partial charge in [-0.05, 0) is 12.0 Å². The lowest BCUT2D eigenvalue weighted by Crippen LogP contribution is -2.10. The number of alkyl halides is 3. The number of nitrogens with zero attached hydrogens (tertiary/aromatic N) is 2. The second-order valence-electron chi connectivity index (χ2n) is 2.62. The van der Waals surface area contributed by atoms with E-state index in [0.717, 1.165) is 12.4 Å². The number of carbonyl (C=O) groups is 1. The zero-order valence-electron chi connectivity index (χ0n) is 7.08. The summed E-state index contributed by atoms with van der Waals surface area (Å²) in [7, 11) is 0. The van der Waals surface area contributed by atoms with Crippen LogP contribution in [0.5, 0.6) is 0 Å². The van der Waals surface area contributed by atoms with Gasteiger partial charge in [0.25, 0.3) is 0 Å². The molecule has 0 saturated heterocycles. The number of carbonyl (C=O) groups excluding carboxylic acids is 1. The summed E-state index contributed by atoms with van der Waals surface area (Å²) < 4.78 is 36.0. The Labute approximate surface area is 78.0 Å². The van der Waals surface area contributed by atoms with Crippen molar-refractivity contribution in [2.45, 2.75) is 19.0 Å². The van der Waals surface area contributed by atoms with Crippen LogP contribution in [0.2, 0.25) is 0 Å². The summed E-state index contributed by atoms with van der Waals surface area (Å²) in [6.45, 7) is 0. The van der Waals surface area contributed by atoms with E-state index in [1.165, 1.54) is 0 Å². The molecule has 0 amide bonds. The Morgan fingerprint density at radius 1 is 1.29 bits per heavy atom. The molecule has 0 unspecified atom stereocenters. The summed E-state index contributed by atoms with van der Waals surface area (Å²) in [6.07, 6.45) is -1.03. The fourth-order valence-electron chi connectivity index (χ4n) is 0.856. The van der Waals surface area contributed by atoms with Gasteiger partial charge < -0.3 is 4.79 Å². The molecule has 1 heterocycles. The number of aryl methyl sites for hydroxylation is 1. The highest BCUT2D eigenvalue weighted by atomic mass is 19.4. The minimum Gasteiger partial charge on any atom is -0.303 e. The van der Waals surface area contributed by atoms with Crippen LogP contribution < -0.4 is 0 Å². The van der Waals surface area contributed by atoms with Crippen molar-refractivity contribution in [2.24, 2.45) is 0 Å². The summed E-state index contributed by atoms with van der Waals surface area (Å²) in [5, 5.41) is 0. The van der Waals surface area contributed by atoms with E-state index in [4.69, 9.17) is 0 Å². The minimum atomic E-state index is -4.51. The van der Waals surface area contributed by atoms with Gasteiger partial charge in [-0.25, -0.2) is 9.97 Å². The summed E-state index contributed by atoms with van der Waals surface area (Å²) in [5.41, 5.74) is 0.519. The Hall–Kier alpha value is -1.46. The van der Waals surface area contributed by atoms with Gasteiger partial charge in [-0.3, -0.25) is 0 Å². The molecule has 3 nitrogen and oxygen atoms in total. The largest absolute Gasteiger partial charge is 0.451 e. The summed E-state index contributed by atoms with van der Waals surface area (Å²) >= 11 is 0. The summed E-state index contributed by atoms with van der Waals surface area (Å²) in [6, 6.07) is 0. The number of rotatable bonds is 3. The smallest absolute Gasteiger partial charge is 0.303 e. The molecule has 0 fully saturated rings. The predicted octanol–water partition coefficient (Wildman–Crippen LogP) is 1.63. The first-order valence-electron chi connectivity index (χ1n) is 3.86. The first-order chi connectivity index (χ1) is 6.54. The van der Waals surface area contributed by atoms with Gasteiger partial charge in [0.1, 0.15) is 6.29 Å². The van der Waals surface area contributed by atoms with Gasteiger partial charge in [0.15, 0.2) is 0 Å². The predicted molar refractivity (Wildman–Crippen MR) is 41.4 cm³/mol. The van der Waals surface area contributed by atoms with Crippen molar-refractivity contribution in [3.63, 3.8) is 0 Å². The maximum atomic E-state index is 12.0. The monoisotopic (exact) mass is 204 g/mol. The van der Waals surface area contributed by atoms with Crippen LogP contribution in [0.1, 0.15) is 17.8 Å². The van der Waals surface area contributed by atoms with E-state index < -0.39 is 12.0 Å². The molecule has 0 radical (unpaired) electrons. The lowest BCUT2D eigenvalue weighted by atomic mass is 10.2. The topological polar surface area (TPSA) is 42.9 Å². The molecular formula is C8H7F3N2O. The zero-order valence-corrected chi connectivity index (χ0v) is 7.08. The Morgan fingerprint density at radius 3 is 2.29 bits per heavy atom.